The van der Waals surface area contributed by atoms with E-state index >= 15 is 4.39 Å². The van der Waals surface area contributed by atoms with E-state index in [2.05, 4.69) is 15.7 Å². The fourth-order valence-corrected chi connectivity index (χ4v) is 4.30. The summed E-state index contributed by atoms with van der Waals surface area (Å²) in [6.45, 7) is 2.10. The van der Waals surface area contributed by atoms with Gasteiger partial charge >= 0.3 is 24.5 Å². The van der Waals surface area contributed by atoms with Crippen molar-refractivity contribution in [2.75, 3.05) is 54.9 Å². The first-order valence-corrected chi connectivity index (χ1v) is 12.4. The number of carbonyl (C=O) groups is 4. The van der Waals surface area contributed by atoms with Gasteiger partial charge in [0, 0.05) is 25.5 Å². The lowest BCUT2D eigenvalue weighted by Crippen LogP contribution is -2.47. The molecule has 1 aliphatic heterocycles. The van der Waals surface area contributed by atoms with Gasteiger partial charge in [0.15, 0.2) is 10.8 Å². The van der Waals surface area contributed by atoms with E-state index in [4.69, 9.17) is 9.84 Å². The first kappa shape index (κ1) is 29.4. The van der Waals surface area contributed by atoms with Crippen LogP contribution < -0.4 is 25.9 Å². The summed E-state index contributed by atoms with van der Waals surface area (Å²) < 4.78 is 44.9. The van der Waals surface area contributed by atoms with Crippen LogP contribution >= 0.6 is 11.3 Å². The Hall–Kier alpha value is -4.12. The topological polar surface area (TPSA) is 156 Å². The van der Waals surface area contributed by atoms with Crippen LogP contribution in [-0.2, 0) is 9.53 Å². The molecular weight excluding hydrogens is 547 g/mol. The number of carbonyl (C=O) groups excluding carboxylic acids is 3. The van der Waals surface area contributed by atoms with Crippen LogP contribution in [-0.4, -0.2) is 91.4 Å². The summed E-state index contributed by atoms with van der Waals surface area (Å²) in [7, 11) is 1.51. The average molecular weight is 574 g/mol. The van der Waals surface area contributed by atoms with Crippen molar-refractivity contribution in [1.29, 1.82) is 0 Å². The van der Waals surface area contributed by atoms with Gasteiger partial charge in [-0.05, 0) is 25.1 Å². The maximum Gasteiger partial charge on any atom is 0.414 e. The zero-order valence-electron chi connectivity index (χ0n) is 20.8. The molecule has 1 aromatic carbocycles. The number of carboxylic acids is 1. The van der Waals surface area contributed by atoms with Crippen LogP contribution in [0.5, 0.6) is 0 Å². The van der Waals surface area contributed by atoms with Gasteiger partial charge < -0.3 is 20.1 Å². The summed E-state index contributed by atoms with van der Waals surface area (Å²) in [6.07, 6.45) is -4.88. The number of thiazole rings is 1. The number of amides is 4. The van der Waals surface area contributed by atoms with E-state index in [-0.39, 0.29) is 48.4 Å². The van der Waals surface area contributed by atoms with Gasteiger partial charge in [0.05, 0.1) is 31.0 Å². The summed E-state index contributed by atoms with van der Waals surface area (Å²) in [5.41, 5.74) is 2.90. The first-order chi connectivity index (χ1) is 18.5. The van der Waals surface area contributed by atoms with E-state index in [1.807, 2.05) is 5.32 Å². The van der Waals surface area contributed by atoms with E-state index in [9.17, 15) is 28.0 Å². The number of rotatable bonds is 12. The van der Waals surface area contributed by atoms with Crippen molar-refractivity contribution in [2.24, 2.45) is 0 Å². The molecule has 1 fully saturated rings. The second kappa shape index (κ2) is 13.1. The molecule has 2 aromatic rings. The van der Waals surface area contributed by atoms with Crippen molar-refractivity contribution in [3.05, 3.63) is 35.1 Å². The van der Waals surface area contributed by atoms with Crippen molar-refractivity contribution >= 4 is 51.8 Å². The molecule has 13 nitrogen and oxygen atoms in total. The molecule has 2 heterocycles. The second-order valence-electron chi connectivity index (χ2n) is 8.03. The summed E-state index contributed by atoms with van der Waals surface area (Å²) in [6, 6.07) is 3.49. The van der Waals surface area contributed by atoms with Gasteiger partial charge in [0.2, 0.25) is 0 Å². The molecule has 0 aliphatic carbocycles. The van der Waals surface area contributed by atoms with Crippen molar-refractivity contribution in [2.45, 2.75) is 19.5 Å². The number of hydrazine groups is 1. The van der Waals surface area contributed by atoms with Crippen LogP contribution in [0.15, 0.2) is 23.6 Å². The highest BCUT2D eigenvalue weighted by molar-refractivity contribution is 7.14. The third kappa shape index (κ3) is 7.47. The molecule has 1 aliphatic rings. The molecule has 0 radical (unpaired) electrons. The van der Waals surface area contributed by atoms with Crippen LogP contribution in [0.1, 0.15) is 17.4 Å². The maximum atomic E-state index is 15.1. The van der Waals surface area contributed by atoms with Crippen LogP contribution in [0.4, 0.5) is 39.3 Å². The quantitative estimate of drug-likeness (QED) is 0.280. The average Bonchev–Trinajstić information content (AvgIpc) is 3.52. The molecule has 212 valence electrons. The summed E-state index contributed by atoms with van der Waals surface area (Å²) in [5, 5.41) is 16.0. The summed E-state index contributed by atoms with van der Waals surface area (Å²) in [4.78, 5) is 53.4. The van der Waals surface area contributed by atoms with E-state index in [0.717, 1.165) is 22.3 Å². The number of nitrogens with one attached hydrogen (secondary N) is 3. The van der Waals surface area contributed by atoms with Gasteiger partial charge in [-0.25, -0.2) is 29.2 Å². The van der Waals surface area contributed by atoms with Crippen LogP contribution in [0.3, 0.4) is 0 Å². The third-order valence-corrected chi connectivity index (χ3v) is 6.35. The SMILES string of the molecule is CCN(CCN(NC)C(=O)Nc1nc(C(=O)O)cs1)c1ccc(N2C[C@H](CNC(=O)C(F)F)OC2=O)cc1F. The zero-order chi connectivity index (χ0) is 28.7. The highest BCUT2D eigenvalue weighted by Gasteiger charge is 2.33. The number of aromatic nitrogens is 1. The Morgan fingerprint density at radius 3 is 2.64 bits per heavy atom. The number of benzene rings is 1. The monoisotopic (exact) mass is 573 g/mol. The van der Waals surface area contributed by atoms with Crippen molar-refractivity contribution in [1.82, 2.24) is 20.7 Å². The van der Waals surface area contributed by atoms with Crippen LogP contribution in [0, 0.1) is 5.82 Å². The predicted molar refractivity (Wildman–Crippen MR) is 135 cm³/mol. The molecule has 0 spiro atoms. The number of cyclic esters (lactones) is 1. The van der Waals surface area contributed by atoms with Gasteiger partial charge in [-0.1, -0.05) is 0 Å². The lowest BCUT2D eigenvalue weighted by molar-refractivity contribution is -0.132. The fourth-order valence-electron chi connectivity index (χ4n) is 3.62. The van der Waals surface area contributed by atoms with Crippen molar-refractivity contribution < 1.29 is 42.2 Å². The molecule has 1 saturated heterocycles. The number of aromatic carboxylic acids is 1. The molecule has 0 bridgehead atoms. The summed E-state index contributed by atoms with van der Waals surface area (Å²) >= 11 is 0.955. The van der Waals surface area contributed by atoms with Crippen molar-refractivity contribution in [3.63, 3.8) is 0 Å². The number of nitrogens with zero attached hydrogens (tertiary/aromatic N) is 4. The molecule has 39 heavy (non-hydrogen) atoms. The molecule has 4 N–H and O–H groups in total. The lowest BCUT2D eigenvalue weighted by atomic mass is 10.2. The Labute approximate surface area is 224 Å². The summed E-state index contributed by atoms with van der Waals surface area (Å²) in [5.74, 6) is -3.35. The Morgan fingerprint density at radius 2 is 2.05 bits per heavy atom. The highest BCUT2D eigenvalue weighted by Crippen LogP contribution is 2.28. The van der Waals surface area contributed by atoms with Crippen LogP contribution in [0.25, 0.3) is 0 Å². The molecule has 3 rings (SSSR count). The van der Waals surface area contributed by atoms with Gasteiger partial charge in [0.25, 0.3) is 5.91 Å². The fraction of sp³-hybridized carbons (Fsp3) is 0.409. The Balaban J connectivity index is 1.60. The largest absolute Gasteiger partial charge is 0.476 e. The Bertz CT molecular complexity index is 1220. The number of likely N-dealkylation sites (N-methyl/N-ethyl adjacent to an activating group) is 1. The minimum Gasteiger partial charge on any atom is -0.476 e. The number of halogens is 3. The minimum absolute atomic E-state index is 0.0715. The van der Waals surface area contributed by atoms with Gasteiger partial charge in [-0.15, -0.1) is 11.3 Å². The molecule has 0 saturated carbocycles. The predicted octanol–water partition coefficient (Wildman–Crippen LogP) is 2.18. The van der Waals surface area contributed by atoms with E-state index in [1.54, 1.807) is 11.8 Å². The molecule has 1 aromatic heterocycles. The number of ether oxygens (including phenoxy) is 1. The van der Waals surface area contributed by atoms with Crippen molar-refractivity contribution in [3.8, 4) is 0 Å². The lowest BCUT2D eigenvalue weighted by Gasteiger charge is -2.28. The number of hydrogen-bond donors (Lipinski definition) is 4. The third-order valence-electron chi connectivity index (χ3n) is 5.59. The Kier molecular flexibility index (Phi) is 9.89. The number of urea groups is 1. The molecule has 17 heteroatoms. The molecular formula is C22H26F3N7O6S. The van der Waals surface area contributed by atoms with Gasteiger partial charge in [0.1, 0.15) is 11.9 Å². The number of alkyl halides is 2. The van der Waals surface area contributed by atoms with Crippen LogP contribution in [0.2, 0.25) is 0 Å². The standard InChI is InChI=1S/C22H26F3N7O6S/c1-3-30(6-7-32(26-2)21(36)29-20-28-15(11-39-20)19(34)35)16-5-4-12(8-14(16)23)31-10-13(38-22(31)37)9-27-18(33)17(24)25/h4-5,8,11,13,17,26H,3,6-7,9-10H2,1-2H3,(H,27,33)(H,34,35)(H,28,29,36)/t13-/m0/s1. The van der Waals surface area contributed by atoms with E-state index < -0.39 is 42.3 Å². The highest BCUT2D eigenvalue weighted by atomic mass is 32.1. The molecule has 1 atom stereocenters. The normalized spacial score (nSPS) is 14.8. The zero-order valence-corrected chi connectivity index (χ0v) is 21.6. The maximum absolute atomic E-state index is 15.1. The van der Waals surface area contributed by atoms with Gasteiger partial charge in [-0.3, -0.25) is 20.0 Å². The number of anilines is 3. The smallest absolute Gasteiger partial charge is 0.414 e. The van der Waals surface area contributed by atoms with E-state index in [0.29, 0.717) is 6.54 Å². The minimum atomic E-state index is -3.19. The Morgan fingerprint density at radius 1 is 1.31 bits per heavy atom. The number of hydrogen-bond acceptors (Lipinski definition) is 9. The van der Waals surface area contributed by atoms with E-state index in [1.165, 1.54) is 29.6 Å². The first-order valence-electron chi connectivity index (χ1n) is 11.6. The number of carboxylic acid groups (broad SMARTS) is 1. The molecule has 0 unspecified atom stereocenters. The van der Waals surface area contributed by atoms with Gasteiger partial charge in [-0.2, -0.15) is 8.78 Å². The molecule has 4 amide bonds. The second-order valence-corrected chi connectivity index (χ2v) is 8.88.